The molecule has 0 amide bonds. The maximum Gasteiger partial charge on any atom is 0.263 e. The zero-order valence-corrected chi connectivity index (χ0v) is 13.2. The first-order valence-electron chi connectivity index (χ1n) is 8.46. The van der Waals surface area contributed by atoms with Crippen LogP contribution < -0.4 is 5.56 Å². The van der Waals surface area contributed by atoms with Crippen molar-refractivity contribution in [1.29, 1.82) is 0 Å². The molecule has 6 heteroatoms. The summed E-state index contributed by atoms with van der Waals surface area (Å²) < 4.78 is 7.52. The molecule has 2 fully saturated rings. The van der Waals surface area contributed by atoms with Gasteiger partial charge in [-0.2, -0.15) is 0 Å². The smallest absolute Gasteiger partial charge is 0.263 e. The van der Waals surface area contributed by atoms with Crippen LogP contribution in [0.4, 0.5) is 0 Å². The maximum atomic E-state index is 12.6. The van der Waals surface area contributed by atoms with Crippen LogP contribution in [0.15, 0.2) is 29.6 Å². The summed E-state index contributed by atoms with van der Waals surface area (Å²) >= 11 is 0. The molecule has 2 aliphatic heterocycles. The van der Waals surface area contributed by atoms with Crippen LogP contribution in [0.3, 0.4) is 0 Å². The SMILES string of the molecule is O=c1c2cnccc2ncn1C1CCN(C[C@H]2CCCO2)CC1. The van der Waals surface area contributed by atoms with E-state index in [1.807, 2.05) is 0 Å². The molecule has 4 rings (SSSR count). The number of aromatic nitrogens is 3. The summed E-state index contributed by atoms with van der Waals surface area (Å²) in [5.74, 6) is 0. The van der Waals surface area contributed by atoms with Crippen molar-refractivity contribution in [3.05, 3.63) is 35.1 Å². The molecule has 0 unspecified atom stereocenters. The fourth-order valence-corrected chi connectivity index (χ4v) is 3.70. The standard InChI is InChI=1S/C17H22N4O2/c22-17-15-10-18-6-3-16(15)19-12-21(17)13-4-7-20(8-5-13)11-14-2-1-9-23-14/h3,6,10,12-14H,1-2,4-5,7-9,11H2/t14-/m1/s1. The summed E-state index contributed by atoms with van der Waals surface area (Å²) in [7, 11) is 0. The molecular formula is C17H22N4O2. The van der Waals surface area contributed by atoms with Crippen molar-refractivity contribution in [3.63, 3.8) is 0 Å². The van der Waals surface area contributed by atoms with Crippen LogP contribution in [0.1, 0.15) is 31.7 Å². The molecule has 122 valence electrons. The Bertz CT molecular complexity index is 731. The molecule has 0 aliphatic carbocycles. The first-order valence-corrected chi connectivity index (χ1v) is 8.46. The Labute approximate surface area is 135 Å². The molecule has 23 heavy (non-hydrogen) atoms. The highest BCUT2D eigenvalue weighted by molar-refractivity contribution is 5.75. The number of hydrogen-bond donors (Lipinski definition) is 0. The van der Waals surface area contributed by atoms with Gasteiger partial charge < -0.3 is 9.64 Å². The van der Waals surface area contributed by atoms with E-state index in [1.54, 1.807) is 29.4 Å². The normalized spacial score (nSPS) is 23.6. The second kappa shape index (κ2) is 6.37. The van der Waals surface area contributed by atoms with E-state index in [-0.39, 0.29) is 11.6 Å². The number of hydrogen-bond acceptors (Lipinski definition) is 5. The van der Waals surface area contributed by atoms with Crippen molar-refractivity contribution in [3.8, 4) is 0 Å². The lowest BCUT2D eigenvalue weighted by atomic mass is 10.0. The maximum absolute atomic E-state index is 12.6. The number of ether oxygens (including phenoxy) is 1. The second-order valence-electron chi connectivity index (χ2n) is 6.52. The molecule has 0 bridgehead atoms. The minimum absolute atomic E-state index is 0.0284. The Morgan fingerprint density at radius 3 is 2.91 bits per heavy atom. The molecule has 0 N–H and O–H groups in total. The molecule has 1 atom stereocenters. The highest BCUT2D eigenvalue weighted by atomic mass is 16.5. The van der Waals surface area contributed by atoms with Crippen LogP contribution in [-0.4, -0.2) is 51.8 Å². The van der Waals surface area contributed by atoms with Gasteiger partial charge in [0.2, 0.25) is 0 Å². The lowest BCUT2D eigenvalue weighted by Crippen LogP contribution is -2.40. The number of nitrogens with zero attached hydrogens (tertiary/aromatic N) is 4. The zero-order valence-electron chi connectivity index (χ0n) is 13.2. The van der Waals surface area contributed by atoms with Gasteiger partial charge in [0, 0.05) is 44.7 Å². The Balaban J connectivity index is 1.46. The summed E-state index contributed by atoms with van der Waals surface area (Å²) in [6.07, 6.45) is 9.73. The number of likely N-dealkylation sites (tertiary alicyclic amines) is 1. The average molecular weight is 314 g/mol. The van der Waals surface area contributed by atoms with E-state index in [0.717, 1.165) is 44.6 Å². The topological polar surface area (TPSA) is 60.2 Å². The molecule has 0 saturated carbocycles. The van der Waals surface area contributed by atoms with Crippen molar-refractivity contribution >= 4 is 10.9 Å². The van der Waals surface area contributed by atoms with E-state index < -0.39 is 0 Å². The molecule has 2 aromatic heterocycles. The largest absolute Gasteiger partial charge is 0.377 e. The number of rotatable bonds is 3. The van der Waals surface area contributed by atoms with Crippen LogP contribution in [0, 0.1) is 0 Å². The van der Waals surface area contributed by atoms with Crippen molar-refractivity contribution in [2.24, 2.45) is 0 Å². The number of pyridine rings is 1. The van der Waals surface area contributed by atoms with E-state index in [4.69, 9.17) is 4.74 Å². The van der Waals surface area contributed by atoms with Gasteiger partial charge in [0.15, 0.2) is 0 Å². The van der Waals surface area contributed by atoms with E-state index >= 15 is 0 Å². The van der Waals surface area contributed by atoms with Gasteiger partial charge in [-0.05, 0) is 31.7 Å². The van der Waals surface area contributed by atoms with Gasteiger partial charge in [-0.1, -0.05) is 0 Å². The fraction of sp³-hybridized carbons (Fsp3) is 0.588. The number of piperidine rings is 1. The highest BCUT2D eigenvalue weighted by Gasteiger charge is 2.25. The van der Waals surface area contributed by atoms with Gasteiger partial charge in [-0.3, -0.25) is 14.3 Å². The number of fused-ring (bicyclic) bond motifs is 1. The van der Waals surface area contributed by atoms with Gasteiger partial charge >= 0.3 is 0 Å². The van der Waals surface area contributed by atoms with Crippen molar-refractivity contribution < 1.29 is 4.74 Å². The highest BCUT2D eigenvalue weighted by Crippen LogP contribution is 2.23. The summed E-state index contributed by atoms with van der Waals surface area (Å²) in [4.78, 5) is 23.6. The summed E-state index contributed by atoms with van der Waals surface area (Å²) in [6, 6.07) is 2.02. The molecule has 4 heterocycles. The molecule has 0 aromatic carbocycles. The van der Waals surface area contributed by atoms with Crippen LogP contribution >= 0.6 is 0 Å². The van der Waals surface area contributed by atoms with Gasteiger partial charge in [-0.25, -0.2) is 4.98 Å². The fourth-order valence-electron chi connectivity index (χ4n) is 3.70. The Hall–Kier alpha value is -1.79. The Kier molecular flexibility index (Phi) is 4.10. The van der Waals surface area contributed by atoms with Crippen LogP contribution in [-0.2, 0) is 4.74 Å². The second-order valence-corrected chi connectivity index (χ2v) is 6.52. The van der Waals surface area contributed by atoms with Gasteiger partial charge in [0.25, 0.3) is 5.56 Å². The first-order chi connectivity index (χ1) is 11.3. The lowest BCUT2D eigenvalue weighted by molar-refractivity contribution is 0.0604. The zero-order chi connectivity index (χ0) is 15.6. The summed E-state index contributed by atoms with van der Waals surface area (Å²) in [6.45, 7) is 3.97. The van der Waals surface area contributed by atoms with Crippen molar-refractivity contribution in [2.75, 3.05) is 26.2 Å². The minimum atomic E-state index is 0.0284. The lowest BCUT2D eigenvalue weighted by Gasteiger charge is -2.33. The predicted octanol–water partition coefficient (Wildman–Crippen LogP) is 1.61. The van der Waals surface area contributed by atoms with Crippen molar-refractivity contribution in [1.82, 2.24) is 19.4 Å². The monoisotopic (exact) mass is 314 g/mol. The van der Waals surface area contributed by atoms with E-state index in [1.165, 1.54) is 12.8 Å². The van der Waals surface area contributed by atoms with Crippen LogP contribution in [0.5, 0.6) is 0 Å². The Morgan fingerprint density at radius 2 is 2.13 bits per heavy atom. The third-order valence-corrected chi connectivity index (χ3v) is 5.02. The first kappa shape index (κ1) is 14.8. The molecular weight excluding hydrogens is 292 g/mol. The quantitative estimate of drug-likeness (QED) is 0.861. The van der Waals surface area contributed by atoms with E-state index in [2.05, 4.69) is 14.9 Å². The van der Waals surface area contributed by atoms with E-state index in [9.17, 15) is 4.79 Å². The third kappa shape index (κ3) is 3.01. The van der Waals surface area contributed by atoms with Crippen LogP contribution in [0.2, 0.25) is 0 Å². The molecule has 2 saturated heterocycles. The van der Waals surface area contributed by atoms with E-state index in [0.29, 0.717) is 11.5 Å². The van der Waals surface area contributed by atoms with Crippen molar-refractivity contribution in [2.45, 2.75) is 37.8 Å². The van der Waals surface area contributed by atoms with Gasteiger partial charge in [-0.15, -0.1) is 0 Å². The predicted molar refractivity (Wildman–Crippen MR) is 87.5 cm³/mol. The third-order valence-electron chi connectivity index (χ3n) is 5.02. The summed E-state index contributed by atoms with van der Waals surface area (Å²) in [5, 5.41) is 0.608. The molecule has 6 nitrogen and oxygen atoms in total. The minimum Gasteiger partial charge on any atom is -0.377 e. The van der Waals surface area contributed by atoms with Gasteiger partial charge in [0.05, 0.1) is 23.3 Å². The average Bonchev–Trinajstić information content (AvgIpc) is 3.09. The molecule has 0 radical (unpaired) electrons. The molecule has 2 aliphatic rings. The summed E-state index contributed by atoms with van der Waals surface area (Å²) in [5.41, 5.74) is 0.748. The van der Waals surface area contributed by atoms with Crippen LogP contribution in [0.25, 0.3) is 10.9 Å². The molecule has 2 aromatic rings. The molecule has 0 spiro atoms. The van der Waals surface area contributed by atoms with Gasteiger partial charge in [0.1, 0.15) is 0 Å². The Morgan fingerprint density at radius 1 is 1.26 bits per heavy atom.